The lowest BCUT2D eigenvalue weighted by atomic mass is 10.0. The van der Waals surface area contributed by atoms with E-state index in [9.17, 15) is 19.5 Å². The van der Waals surface area contributed by atoms with Crippen LogP contribution in [0.25, 0.3) is 0 Å². The molecule has 0 radical (unpaired) electrons. The predicted octanol–water partition coefficient (Wildman–Crippen LogP) is 1.29. The van der Waals surface area contributed by atoms with Gasteiger partial charge in [0.1, 0.15) is 6.04 Å². The molecule has 0 bridgehead atoms. The molecule has 2 aliphatic rings. The van der Waals surface area contributed by atoms with E-state index >= 15 is 0 Å². The van der Waals surface area contributed by atoms with Gasteiger partial charge in [-0.05, 0) is 31.6 Å². The van der Waals surface area contributed by atoms with Gasteiger partial charge in [0.25, 0.3) is 0 Å². The van der Waals surface area contributed by atoms with Crippen LogP contribution in [-0.2, 0) is 19.1 Å². The third kappa shape index (κ3) is 2.76. The average molecular weight is 297 g/mol. The zero-order valence-corrected chi connectivity index (χ0v) is 12.8. The van der Waals surface area contributed by atoms with Crippen molar-refractivity contribution in [3.05, 3.63) is 0 Å². The van der Waals surface area contributed by atoms with Gasteiger partial charge in [-0.3, -0.25) is 9.59 Å². The molecular formula is C15H23NO5. The first-order valence-electron chi connectivity index (χ1n) is 7.52. The van der Waals surface area contributed by atoms with Crippen LogP contribution < -0.4 is 0 Å². The molecule has 1 saturated carbocycles. The number of carbonyl (C=O) groups excluding carboxylic acids is 2. The van der Waals surface area contributed by atoms with E-state index in [1.807, 2.05) is 0 Å². The van der Waals surface area contributed by atoms with Crippen LogP contribution in [-0.4, -0.2) is 47.0 Å². The summed E-state index contributed by atoms with van der Waals surface area (Å²) in [5, 5.41) is 9.20. The number of hydrogen-bond acceptors (Lipinski definition) is 4. The number of aliphatic carboxylic acids is 1. The molecule has 6 nitrogen and oxygen atoms in total. The summed E-state index contributed by atoms with van der Waals surface area (Å²) in [6.07, 6.45) is 2.31. The molecule has 6 heteroatoms. The maximum Gasteiger partial charge on any atom is 0.328 e. The van der Waals surface area contributed by atoms with E-state index in [0.717, 1.165) is 12.8 Å². The maximum absolute atomic E-state index is 12.7. The van der Waals surface area contributed by atoms with E-state index in [-0.39, 0.29) is 18.5 Å². The lowest BCUT2D eigenvalue weighted by molar-refractivity contribution is -0.157. The van der Waals surface area contributed by atoms with Gasteiger partial charge in [0.05, 0.1) is 18.4 Å². The number of rotatable bonds is 4. The number of carbonyl (C=O) groups is 3. The highest BCUT2D eigenvalue weighted by Crippen LogP contribution is 2.59. The minimum atomic E-state index is -0.942. The summed E-state index contributed by atoms with van der Waals surface area (Å²) < 4.78 is 5.04. The third-order valence-electron chi connectivity index (χ3n) is 4.70. The molecule has 21 heavy (non-hydrogen) atoms. The van der Waals surface area contributed by atoms with Gasteiger partial charge in [0.15, 0.2) is 0 Å². The third-order valence-corrected chi connectivity index (χ3v) is 4.70. The van der Waals surface area contributed by atoms with Gasteiger partial charge in [-0.2, -0.15) is 0 Å². The summed E-state index contributed by atoms with van der Waals surface area (Å²) in [5.74, 6) is -2.73. The fraction of sp³-hybridized carbons (Fsp3) is 0.800. The molecule has 1 amide bonds. The van der Waals surface area contributed by atoms with Crippen molar-refractivity contribution in [1.29, 1.82) is 0 Å². The molecule has 2 rings (SSSR count). The Hall–Kier alpha value is -1.59. The summed E-state index contributed by atoms with van der Waals surface area (Å²) in [6.45, 7) is 6.10. The Balaban J connectivity index is 2.13. The SMILES string of the molecule is CCOC(=O)C1CCCCN1C(=O)[C@H]1[C@@H](C(=O)O)C1(C)C. The van der Waals surface area contributed by atoms with Crippen molar-refractivity contribution < 1.29 is 24.2 Å². The van der Waals surface area contributed by atoms with Crippen molar-refractivity contribution >= 4 is 17.8 Å². The Morgan fingerprint density at radius 1 is 1.24 bits per heavy atom. The highest BCUT2D eigenvalue weighted by atomic mass is 16.5. The molecular weight excluding hydrogens is 274 g/mol. The second-order valence-corrected chi connectivity index (χ2v) is 6.41. The normalized spacial score (nSPS) is 30.6. The molecule has 0 aromatic carbocycles. The average Bonchev–Trinajstić information content (AvgIpc) is 3.01. The molecule has 1 heterocycles. The van der Waals surface area contributed by atoms with Crippen molar-refractivity contribution in [3.8, 4) is 0 Å². The Bertz CT molecular complexity index is 459. The van der Waals surface area contributed by atoms with Gasteiger partial charge >= 0.3 is 11.9 Å². The van der Waals surface area contributed by atoms with Crippen LogP contribution in [0.3, 0.4) is 0 Å². The Labute approximate surface area is 124 Å². The second kappa shape index (κ2) is 5.66. The van der Waals surface area contributed by atoms with Crippen LogP contribution >= 0.6 is 0 Å². The number of likely N-dealkylation sites (tertiary alicyclic amines) is 1. The van der Waals surface area contributed by atoms with Gasteiger partial charge in [-0.25, -0.2) is 4.79 Å². The summed E-state index contributed by atoms with van der Waals surface area (Å²) in [5.41, 5.74) is -0.542. The molecule has 2 fully saturated rings. The van der Waals surface area contributed by atoms with Crippen molar-refractivity contribution in [1.82, 2.24) is 4.90 Å². The molecule has 0 spiro atoms. The van der Waals surface area contributed by atoms with Crippen LogP contribution in [0.2, 0.25) is 0 Å². The number of carboxylic acids is 1. The maximum atomic E-state index is 12.7. The minimum absolute atomic E-state index is 0.217. The van der Waals surface area contributed by atoms with Crippen LogP contribution in [0, 0.1) is 17.3 Å². The molecule has 0 aromatic heterocycles. The quantitative estimate of drug-likeness (QED) is 0.790. The highest BCUT2D eigenvalue weighted by Gasteiger charge is 2.67. The Morgan fingerprint density at radius 2 is 1.90 bits per heavy atom. The van der Waals surface area contributed by atoms with Gasteiger partial charge in [-0.15, -0.1) is 0 Å². The van der Waals surface area contributed by atoms with Crippen LogP contribution in [0.4, 0.5) is 0 Å². The number of ether oxygens (including phenoxy) is 1. The van der Waals surface area contributed by atoms with E-state index in [1.165, 1.54) is 4.90 Å². The number of hydrogen-bond donors (Lipinski definition) is 1. The molecule has 0 aromatic rings. The number of amides is 1. The first kappa shape index (κ1) is 15.8. The smallest absolute Gasteiger partial charge is 0.328 e. The Morgan fingerprint density at radius 3 is 2.43 bits per heavy atom. The molecule has 1 saturated heterocycles. The van der Waals surface area contributed by atoms with Crippen LogP contribution in [0.15, 0.2) is 0 Å². The van der Waals surface area contributed by atoms with E-state index in [2.05, 4.69) is 0 Å². The van der Waals surface area contributed by atoms with Crippen molar-refractivity contribution in [3.63, 3.8) is 0 Å². The number of esters is 1. The molecule has 118 valence electrons. The summed E-state index contributed by atoms with van der Waals surface area (Å²) >= 11 is 0. The number of carboxylic acid groups (broad SMARTS) is 1. The first-order chi connectivity index (χ1) is 9.82. The zero-order valence-electron chi connectivity index (χ0n) is 12.8. The summed E-state index contributed by atoms with van der Waals surface area (Å²) in [7, 11) is 0. The summed E-state index contributed by atoms with van der Waals surface area (Å²) in [4.78, 5) is 37.4. The molecule has 1 aliphatic carbocycles. The van der Waals surface area contributed by atoms with E-state index in [0.29, 0.717) is 13.0 Å². The standard InChI is InChI=1S/C15H23NO5/c1-4-21-14(20)9-7-5-6-8-16(9)12(17)10-11(13(18)19)15(10,2)3/h9-11H,4-8H2,1-3H3,(H,18,19)/t9?,10-,11+/m1/s1. The highest BCUT2D eigenvalue weighted by molar-refractivity contribution is 5.94. The van der Waals surface area contributed by atoms with E-state index in [1.54, 1.807) is 20.8 Å². The molecule has 1 unspecified atom stereocenters. The molecule has 3 atom stereocenters. The fourth-order valence-electron chi connectivity index (χ4n) is 3.42. The van der Waals surface area contributed by atoms with Gasteiger partial charge < -0.3 is 14.7 Å². The molecule has 1 aliphatic heterocycles. The van der Waals surface area contributed by atoms with Gasteiger partial charge in [0, 0.05) is 6.54 Å². The van der Waals surface area contributed by atoms with Gasteiger partial charge in [0.2, 0.25) is 5.91 Å². The van der Waals surface area contributed by atoms with Gasteiger partial charge in [-0.1, -0.05) is 13.8 Å². The van der Waals surface area contributed by atoms with Crippen molar-refractivity contribution in [2.75, 3.05) is 13.2 Å². The number of nitrogens with zero attached hydrogens (tertiary/aromatic N) is 1. The van der Waals surface area contributed by atoms with Crippen LogP contribution in [0.1, 0.15) is 40.0 Å². The second-order valence-electron chi connectivity index (χ2n) is 6.41. The van der Waals surface area contributed by atoms with Crippen LogP contribution in [0.5, 0.6) is 0 Å². The predicted molar refractivity (Wildman–Crippen MR) is 74.4 cm³/mol. The summed E-state index contributed by atoms with van der Waals surface area (Å²) in [6, 6.07) is -0.558. The van der Waals surface area contributed by atoms with Crippen molar-refractivity contribution in [2.24, 2.45) is 17.3 Å². The Kier molecular flexibility index (Phi) is 4.25. The van der Waals surface area contributed by atoms with Crippen molar-refractivity contribution in [2.45, 2.75) is 46.1 Å². The van der Waals surface area contributed by atoms with E-state index < -0.39 is 29.3 Å². The minimum Gasteiger partial charge on any atom is -0.481 e. The molecule has 1 N–H and O–H groups in total. The lowest BCUT2D eigenvalue weighted by Crippen LogP contribution is -2.49. The first-order valence-corrected chi connectivity index (χ1v) is 7.52. The largest absolute Gasteiger partial charge is 0.481 e. The topological polar surface area (TPSA) is 83.9 Å². The monoisotopic (exact) mass is 297 g/mol. The lowest BCUT2D eigenvalue weighted by Gasteiger charge is -2.34. The zero-order chi connectivity index (χ0) is 15.8. The van der Waals surface area contributed by atoms with E-state index in [4.69, 9.17) is 4.74 Å². The fourth-order valence-corrected chi connectivity index (χ4v) is 3.42. The number of piperidine rings is 1.